The third-order valence-electron chi connectivity index (χ3n) is 3.98. The van der Waals surface area contributed by atoms with E-state index in [1.54, 1.807) is 0 Å². The summed E-state index contributed by atoms with van der Waals surface area (Å²) in [5.41, 5.74) is 5.11. The number of alkyl halides is 1. The molecule has 1 aromatic carbocycles. The lowest BCUT2D eigenvalue weighted by Crippen LogP contribution is -2.26. The highest BCUT2D eigenvalue weighted by Crippen LogP contribution is 2.35. The molecule has 0 bridgehead atoms. The van der Waals surface area contributed by atoms with Crippen LogP contribution in [-0.4, -0.2) is 47.5 Å². The molecular weight excluding hydrogens is 374 g/mol. The van der Waals surface area contributed by atoms with Gasteiger partial charge in [0.1, 0.15) is 29.7 Å². The molecular formula is C18H14F2N4O4. The average Bonchev–Trinajstić information content (AvgIpc) is 2.97. The predicted octanol–water partition coefficient (Wildman–Crippen LogP) is 0.430. The van der Waals surface area contributed by atoms with Crippen molar-refractivity contribution in [2.24, 2.45) is 5.73 Å². The minimum absolute atomic E-state index is 0.0500. The fourth-order valence-electron chi connectivity index (χ4n) is 2.76. The smallest absolute Gasteiger partial charge is 0.270 e. The number of amides is 2. The van der Waals surface area contributed by atoms with Gasteiger partial charge < -0.3 is 20.4 Å². The van der Waals surface area contributed by atoms with Gasteiger partial charge in [0.05, 0.1) is 17.7 Å². The van der Waals surface area contributed by atoms with E-state index >= 15 is 0 Å². The monoisotopic (exact) mass is 388 g/mol. The highest BCUT2D eigenvalue weighted by Gasteiger charge is 2.29. The Bertz CT molecular complexity index is 1070. The molecule has 0 fully saturated rings. The SMILES string of the molecule is CNC(=O)c1c(C(N)=O)nc2n1CCOc1cc(F)c(C#CC(=O)CF)cc1-2. The molecule has 2 amide bonds. The molecule has 144 valence electrons. The molecule has 3 rings (SSSR count). The second-order valence-electron chi connectivity index (χ2n) is 5.71. The van der Waals surface area contributed by atoms with Crippen LogP contribution in [0.5, 0.6) is 5.75 Å². The van der Waals surface area contributed by atoms with Crippen molar-refractivity contribution in [3.8, 4) is 29.0 Å². The van der Waals surface area contributed by atoms with Crippen LogP contribution in [0.25, 0.3) is 11.4 Å². The molecule has 1 aliphatic rings. The maximum absolute atomic E-state index is 14.3. The minimum Gasteiger partial charge on any atom is -0.491 e. The van der Waals surface area contributed by atoms with Crippen LogP contribution in [0.4, 0.5) is 8.78 Å². The number of primary amides is 1. The van der Waals surface area contributed by atoms with E-state index in [4.69, 9.17) is 10.5 Å². The number of imidazole rings is 1. The summed E-state index contributed by atoms with van der Waals surface area (Å²) >= 11 is 0. The van der Waals surface area contributed by atoms with Gasteiger partial charge in [0.25, 0.3) is 11.8 Å². The normalized spacial score (nSPS) is 11.8. The number of Topliss-reactive ketones (excluding diaryl/α,β-unsaturated/α-hetero) is 1. The lowest BCUT2D eigenvalue weighted by atomic mass is 10.1. The van der Waals surface area contributed by atoms with Gasteiger partial charge in [-0.05, 0) is 12.0 Å². The number of carbonyl (C=O) groups excluding carboxylic acids is 3. The van der Waals surface area contributed by atoms with E-state index in [0.29, 0.717) is 0 Å². The number of nitrogens with two attached hydrogens (primary N) is 1. The van der Waals surface area contributed by atoms with Gasteiger partial charge in [-0.15, -0.1) is 0 Å². The largest absolute Gasteiger partial charge is 0.491 e. The molecule has 0 saturated heterocycles. The molecule has 0 radical (unpaired) electrons. The second-order valence-corrected chi connectivity index (χ2v) is 5.71. The highest BCUT2D eigenvalue weighted by molar-refractivity contribution is 6.05. The molecule has 0 saturated carbocycles. The number of ketones is 1. The Morgan fingerprint density at radius 2 is 2.14 bits per heavy atom. The molecule has 3 N–H and O–H groups in total. The first-order valence-corrected chi connectivity index (χ1v) is 8.07. The van der Waals surface area contributed by atoms with Gasteiger partial charge in [0.15, 0.2) is 12.4 Å². The number of nitrogens with one attached hydrogen (secondary N) is 1. The fraction of sp³-hybridized carbons (Fsp3) is 0.222. The predicted molar refractivity (Wildman–Crippen MR) is 92.9 cm³/mol. The Hall–Kier alpha value is -3.74. The van der Waals surface area contributed by atoms with Crippen LogP contribution >= 0.6 is 0 Å². The van der Waals surface area contributed by atoms with Crippen LogP contribution in [0.1, 0.15) is 26.5 Å². The van der Waals surface area contributed by atoms with E-state index in [2.05, 4.69) is 16.2 Å². The Morgan fingerprint density at radius 1 is 1.39 bits per heavy atom. The summed E-state index contributed by atoms with van der Waals surface area (Å²) in [4.78, 5) is 39.2. The zero-order chi connectivity index (χ0) is 20.4. The Kier molecular flexibility index (Phi) is 5.08. The van der Waals surface area contributed by atoms with Crippen molar-refractivity contribution in [1.29, 1.82) is 0 Å². The summed E-state index contributed by atoms with van der Waals surface area (Å²) in [6, 6.07) is 2.30. The number of ether oxygens (including phenoxy) is 1. The van der Waals surface area contributed by atoms with Crippen LogP contribution in [0.15, 0.2) is 12.1 Å². The van der Waals surface area contributed by atoms with Crippen LogP contribution in [-0.2, 0) is 11.3 Å². The van der Waals surface area contributed by atoms with Crippen LogP contribution in [0.3, 0.4) is 0 Å². The third kappa shape index (κ3) is 3.29. The lowest BCUT2D eigenvalue weighted by Gasteiger charge is -2.08. The topological polar surface area (TPSA) is 116 Å². The standard InChI is InChI=1S/C18H14F2N4O4/c1-22-18(27)15-14(16(21)26)23-17-11-6-9(2-3-10(25)8-19)12(20)7-13(11)28-5-4-24(15)17/h6-7H,4-5,8H2,1H3,(H2,21,26)(H,22,27). The van der Waals surface area contributed by atoms with Crippen LogP contribution < -0.4 is 15.8 Å². The molecule has 0 unspecified atom stereocenters. The molecule has 0 atom stereocenters. The molecule has 1 aliphatic heterocycles. The summed E-state index contributed by atoms with van der Waals surface area (Å²) < 4.78 is 33.5. The summed E-state index contributed by atoms with van der Waals surface area (Å²) in [7, 11) is 1.39. The fourth-order valence-corrected chi connectivity index (χ4v) is 2.76. The molecule has 8 nitrogen and oxygen atoms in total. The van der Waals surface area contributed by atoms with Crippen molar-refractivity contribution in [2.45, 2.75) is 6.54 Å². The Morgan fingerprint density at radius 3 is 2.79 bits per heavy atom. The molecule has 10 heteroatoms. The zero-order valence-electron chi connectivity index (χ0n) is 14.6. The van der Waals surface area contributed by atoms with Crippen molar-refractivity contribution in [3.63, 3.8) is 0 Å². The van der Waals surface area contributed by atoms with Crippen molar-refractivity contribution >= 4 is 17.6 Å². The molecule has 0 aliphatic carbocycles. The Balaban J connectivity index is 2.25. The Labute approximate surface area is 157 Å². The van der Waals surface area contributed by atoms with E-state index in [1.165, 1.54) is 17.7 Å². The van der Waals surface area contributed by atoms with Crippen molar-refractivity contribution < 1.29 is 27.9 Å². The first kappa shape index (κ1) is 19.0. The van der Waals surface area contributed by atoms with Gasteiger partial charge in [-0.1, -0.05) is 5.92 Å². The van der Waals surface area contributed by atoms with E-state index in [-0.39, 0.29) is 47.2 Å². The van der Waals surface area contributed by atoms with Crippen LogP contribution in [0, 0.1) is 17.7 Å². The van der Waals surface area contributed by atoms with Gasteiger partial charge in [-0.3, -0.25) is 14.4 Å². The number of hydrogen-bond donors (Lipinski definition) is 2. The summed E-state index contributed by atoms with van der Waals surface area (Å²) in [5.74, 6) is 1.26. The minimum atomic E-state index is -1.29. The zero-order valence-corrected chi connectivity index (χ0v) is 14.6. The molecule has 1 aromatic heterocycles. The van der Waals surface area contributed by atoms with E-state index in [1.807, 2.05) is 5.92 Å². The summed E-state index contributed by atoms with van der Waals surface area (Å²) in [5, 5.41) is 2.41. The van der Waals surface area contributed by atoms with Gasteiger partial charge in [0.2, 0.25) is 5.78 Å². The third-order valence-corrected chi connectivity index (χ3v) is 3.98. The summed E-state index contributed by atoms with van der Waals surface area (Å²) in [6.45, 7) is -1.07. The molecule has 2 aromatic rings. The number of nitrogens with zero attached hydrogens (tertiary/aromatic N) is 2. The number of carbonyl (C=O) groups is 3. The van der Waals surface area contributed by atoms with Gasteiger partial charge in [-0.2, -0.15) is 0 Å². The molecule has 28 heavy (non-hydrogen) atoms. The summed E-state index contributed by atoms with van der Waals surface area (Å²) in [6.07, 6.45) is 0. The number of aromatic nitrogens is 2. The molecule has 0 spiro atoms. The number of rotatable bonds is 3. The molecule has 2 heterocycles. The van der Waals surface area contributed by atoms with Crippen molar-refractivity contribution in [3.05, 3.63) is 34.9 Å². The lowest BCUT2D eigenvalue weighted by molar-refractivity contribution is -0.114. The van der Waals surface area contributed by atoms with E-state index in [9.17, 15) is 23.2 Å². The number of halogens is 2. The maximum atomic E-state index is 14.3. The van der Waals surface area contributed by atoms with E-state index < -0.39 is 30.1 Å². The average molecular weight is 388 g/mol. The van der Waals surface area contributed by atoms with E-state index in [0.717, 1.165) is 6.07 Å². The first-order valence-electron chi connectivity index (χ1n) is 8.07. The quantitative estimate of drug-likeness (QED) is 0.740. The maximum Gasteiger partial charge on any atom is 0.270 e. The highest BCUT2D eigenvalue weighted by atomic mass is 19.1. The second kappa shape index (κ2) is 7.48. The van der Waals surface area contributed by atoms with Gasteiger partial charge in [0, 0.05) is 13.1 Å². The first-order chi connectivity index (χ1) is 13.4. The van der Waals surface area contributed by atoms with Crippen molar-refractivity contribution in [2.75, 3.05) is 20.3 Å². The van der Waals surface area contributed by atoms with Crippen LogP contribution in [0.2, 0.25) is 0 Å². The number of benzene rings is 1. The van der Waals surface area contributed by atoms with Gasteiger partial charge in [-0.25, -0.2) is 13.8 Å². The number of fused-ring (bicyclic) bond motifs is 3. The number of hydrogen-bond acceptors (Lipinski definition) is 5. The van der Waals surface area contributed by atoms with Gasteiger partial charge >= 0.3 is 0 Å². The van der Waals surface area contributed by atoms with Crippen molar-refractivity contribution in [1.82, 2.24) is 14.9 Å².